The second-order valence-corrected chi connectivity index (χ2v) is 24.4. The number of carbonyl (C=O) groups is 11. The predicted octanol–water partition coefficient (Wildman–Crippen LogP) is -2.29. The summed E-state index contributed by atoms with van der Waals surface area (Å²) in [6.45, 7) is 3.50. The van der Waals surface area contributed by atoms with Gasteiger partial charge in [0, 0.05) is 130 Å². The Morgan fingerprint density at radius 3 is 1.57 bits per heavy atom. The lowest BCUT2D eigenvalue weighted by Gasteiger charge is -2.32. The van der Waals surface area contributed by atoms with Crippen LogP contribution in [0.3, 0.4) is 0 Å². The Balaban J connectivity index is 1.18. The molecular weight excluding hydrogens is 1240 g/mol. The zero-order chi connectivity index (χ0) is 70.1. The van der Waals surface area contributed by atoms with Gasteiger partial charge in [-0.25, -0.2) is 4.79 Å². The number of likely N-dealkylation sites (N-methyl/N-ethyl adjacent to an activating group) is 1. The second kappa shape index (κ2) is 41.7. The first-order chi connectivity index (χ1) is 45.1. The number of rotatable bonds is 38. The minimum Gasteiger partial charge on any atom is -0.480 e. The molecule has 5 atom stereocenters. The van der Waals surface area contributed by atoms with Crippen molar-refractivity contribution in [3.8, 4) is 0 Å². The SMILES string of the molecule is C[C@@H](NC(=O)c1ccc(C(=O)NCCCCCN(C)C(=O)[C@H](CCCN=C(N)N(C)C)NC(=O)CCCCCC(=O)N[C@@H](CCCCNC(=O)CN2CCN(CC(=O)O)CCN(CC(=O)O)CCN(CC(=O)O)CC2)C(=O)O)c2ccccc12)C(=O)N1C[C@@H](O)C[C@H]1B(O)O. The topological polar surface area (TPSA) is 451 Å². The van der Waals surface area contributed by atoms with E-state index in [0.29, 0.717) is 99.7 Å². The van der Waals surface area contributed by atoms with Crippen LogP contribution in [0.2, 0.25) is 0 Å². The minimum absolute atomic E-state index is 0.00706. The van der Waals surface area contributed by atoms with Gasteiger partial charge in [0.05, 0.1) is 38.2 Å². The van der Waals surface area contributed by atoms with Crippen LogP contribution in [0.5, 0.6) is 0 Å². The zero-order valence-corrected chi connectivity index (χ0v) is 55.1. The van der Waals surface area contributed by atoms with Crippen molar-refractivity contribution in [2.24, 2.45) is 10.7 Å². The van der Waals surface area contributed by atoms with Crippen molar-refractivity contribution < 1.29 is 88.3 Å². The van der Waals surface area contributed by atoms with Crippen LogP contribution in [0, 0.1) is 0 Å². The van der Waals surface area contributed by atoms with Gasteiger partial charge in [-0.3, -0.25) is 72.5 Å². The number of nitrogens with zero attached hydrogens (tertiary/aromatic N) is 8. The lowest BCUT2D eigenvalue weighted by Crippen LogP contribution is -2.52. The molecule has 14 N–H and O–H groups in total. The van der Waals surface area contributed by atoms with Crippen LogP contribution in [0.25, 0.3) is 10.8 Å². The molecule has 95 heavy (non-hydrogen) atoms. The maximum absolute atomic E-state index is 13.8. The molecule has 32 nitrogen and oxygen atoms in total. The third-order valence-electron chi connectivity index (χ3n) is 16.5. The number of aliphatic imine (C=N–C) groups is 1. The number of hydrogen-bond acceptors (Lipinski definition) is 19. The quantitative estimate of drug-likeness (QED) is 0.0146. The molecule has 33 heteroatoms. The van der Waals surface area contributed by atoms with E-state index in [-0.39, 0.29) is 153 Å². The monoisotopic (exact) mass is 1340 g/mol. The number of carboxylic acid groups (broad SMARTS) is 4. The maximum Gasteiger partial charge on any atom is 0.475 e. The predicted molar refractivity (Wildman–Crippen MR) is 351 cm³/mol. The lowest BCUT2D eigenvalue weighted by molar-refractivity contribution is -0.142. The van der Waals surface area contributed by atoms with E-state index in [9.17, 15) is 88.3 Å². The Kier molecular flexibility index (Phi) is 34.8. The molecule has 2 aliphatic rings. The Hall–Kier alpha value is -8.08. The van der Waals surface area contributed by atoms with Gasteiger partial charge >= 0.3 is 31.0 Å². The van der Waals surface area contributed by atoms with Crippen LogP contribution in [0.15, 0.2) is 41.4 Å². The molecule has 2 heterocycles. The van der Waals surface area contributed by atoms with Crippen LogP contribution >= 0.6 is 0 Å². The number of guanidine groups is 1. The van der Waals surface area contributed by atoms with Crippen molar-refractivity contribution >= 4 is 89.1 Å². The molecule has 0 bridgehead atoms. The smallest absolute Gasteiger partial charge is 0.475 e. The summed E-state index contributed by atoms with van der Waals surface area (Å²) in [4.78, 5) is 156. The van der Waals surface area contributed by atoms with E-state index in [1.54, 1.807) is 74.8 Å². The highest BCUT2D eigenvalue weighted by Crippen LogP contribution is 2.25. The van der Waals surface area contributed by atoms with Crippen molar-refractivity contribution in [1.29, 1.82) is 0 Å². The fraction of sp³-hybridized carbons (Fsp3) is 0.645. The number of carbonyl (C=O) groups excluding carboxylic acids is 7. The molecule has 2 aliphatic heterocycles. The number of likely N-dealkylation sites (tertiary alicyclic amines) is 1. The summed E-state index contributed by atoms with van der Waals surface area (Å²) < 4.78 is 0. The van der Waals surface area contributed by atoms with Crippen molar-refractivity contribution in [2.45, 2.75) is 127 Å². The highest BCUT2D eigenvalue weighted by molar-refractivity contribution is 6.43. The first-order valence-corrected chi connectivity index (χ1v) is 32.4. The van der Waals surface area contributed by atoms with E-state index in [1.807, 2.05) is 0 Å². The standard InChI is InChI=1S/C62H99BN14O18/c1-42(59(90)77-37-43(78)36-50(77)63(94)95)68-58(89)47-23-22-46(44-16-9-10-17-45(44)47)57(88)66-25-12-6-14-27-72(4)60(91)48(19-15-26-67-62(64)71(2)3)69-51(79)20-7-5-8-21-52(80)70-49(61(92)93)18-11-13-24-65-53(81)38-73-28-30-74(39-54(82)83)32-34-76(41-56(86)87)35-33-75(31-29-73)40-55(84)85/h9-10,16-17,22-23,42-43,48-50,78,94-95H,5-8,11-15,18-21,24-41H2,1-4H3,(H2,64,67)(H,65,81)(H,66,88)(H,68,89)(H,69,79)(H,70,80)(H,82,83)(H,84,85)(H,86,87)(H,92,93)/t42-,43+,48+,49+,50+/m1/s1. The Morgan fingerprint density at radius 1 is 0.589 bits per heavy atom. The number of β-amino-alcohol motifs (C(OH)–C–C–N with tert-alkyl or cyclic N) is 1. The molecule has 2 fully saturated rings. The molecule has 2 aromatic rings. The zero-order valence-electron chi connectivity index (χ0n) is 55.1. The summed E-state index contributed by atoms with van der Waals surface area (Å²) in [5, 5.41) is 82.6. The molecule has 0 aliphatic carbocycles. The van der Waals surface area contributed by atoms with Crippen molar-refractivity contribution in [1.82, 2.24) is 60.9 Å². The number of aliphatic hydroxyl groups is 1. The van der Waals surface area contributed by atoms with Crippen molar-refractivity contribution in [3.63, 3.8) is 0 Å². The number of amides is 7. The number of fused-ring (bicyclic) bond motifs is 1. The van der Waals surface area contributed by atoms with Gasteiger partial charge in [0.2, 0.25) is 29.5 Å². The number of aliphatic hydroxyl groups excluding tert-OH is 1. The van der Waals surface area contributed by atoms with E-state index in [0.717, 1.165) is 4.90 Å². The molecule has 2 aromatic carbocycles. The summed E-state index contributed by atoms with van der Waals surface area (Å²) in [7, 11) is 3.28. The van der Waals surface area contributed by atoms with Crippen LogP contribution in [0.1, 0.15) is 118 Å². The third-order valence-corrected chi connectivity index (χ3v) is 16.5. The number of benzene rings is 2. The average Bonchev–Trinajstić information content (AvgIpc) is 1.05. The Labute approximate surface area is 554 Å². The first kappa shape index (κ1) is 79.4. The summed E-state index contributed by atoms with van der Waals surface area (Å²) >= 11 is 0. The summed E-state index contributed by atoms with van der Waals surface area (Å²) in [5.41, 5.74) is 6.50. The normalized spacial score (nSPS) is 17.3. The van der Waals surface area contributed by atoms with E-state index in [1.165, 1.54) is 19.1 Å². The van der Waals surface area contributed by atoms with Crippen molar-refractivity contribution in [2.75, 3.05) is 132 Å². The van der Waals surface area contributed by atoms with E-state index < -0.39 is 78.9 Å². The Bertz CT molecular complexity index is 2890. The van der Waals surface area contributed by atoms with Gasteiger partial charge in [-0.05, 0) is 100 Å². The number of carboxylic acids is 4. The highest BCUT2D eigenvalue weighted by atomic mass is 16.4. The highest BCUT2D eigenvalue weighted by Gasteiger charge is 2.42. The molecular formula is C62H99BN14O18. The summed E-state index contributed by atoms with van der Waals surface area (Å²) in [6.07, 6.45) is 3.66. The molecule has 0 unspecified atom stereocenters. The molecule has 0 aromatic heterocycles. The van der Waals surface area contributed by atoms with Crippen molar-refractivity contribution in [3.05, 3.63) is 47.5 Å². The number of unbranched alkanes of at least 4 members (excludes halogenated alkanes) is 5. The van der Waals surface area contributed by atoms with Gasteiger partial charge in [-0.2, -0.15) is 0 Å². The first-order valence-electron chi connectivity index (χ1n) is 32.4. The number of nitrogens with two attached hydrogens (primary N) is 1. The van der Waals surface area contributed by atoms with Gasteiger partial charge in [-0.15, -0.1) is 0 Å². The molecule has 528 valence electrons. The molecule has 2 saturated heterocycles. The van der Waals surface area contributed by atoms with Crippen LogP contribution in [-0.2, 0) is 43.2 Å². The average molecular weight is 1340 g/mol. The summed E-state index contributed by atoms with van der Waals surface area (Å²) in [6, 6.07) is 6.74. The molecule has 7 amide bonds. The number of hydrogen-bond donors (Lipinski definition) is 13. The van der Waals surface area contributed by atoms with Gasteiger partial charge in [0.15, 0.2) is 5.96 Å². The van der Waals surface area contributed by atoms with Crippen LogP contribution < -0.4 is 32.3 Å². The fourth-order valence-corrected chi connectivity index (χ4v) is 11.2. The van der Waals surface area contributed by atoms with Crippen LogP contribution in [-0.4, -0.2) is 311 Å². The summed E-state index contributed by atoms with van der Waals surface area (Å²) in [5.74, 6) is -8.19. The largest absolute Gasteiger partial charge is 0.480 e. The van der Waals surface area contributed by atoms with Crippen LogP contribution in [0.4, 0.5) is 0 Å². The molecule has 0 spiro atoms. The van der Waals surface area contributed by atoms with E-state index >= 15 is 0 Å². The fourth-order valence-electron chi connectivity index (χ4n) is 11.2. The minimum atomic E-state index is -1.87. The van der Waals surface area contributed by atoms with E-state index in [2.05, 4.69) is 31.6 Å². The van der Waals surface area contributed by atoms with Gasteiger partial charge in [0.1, 0.15) is 18.1 Å². The second-order valence-electron chi connectivity index (χ2n) is 24.4. The van der Waals surface area contributed by atoms with Gasteiger partial charge in [-0.1, -0.05) is 30.7 Å². The maximum atomic E-state index is 13.8. The van der Waals surface area contributed by atoms with E-state index in [4.69, 9.17) is 5.73 Å². The molecule has 4 rings (SSSR count). The Morgan fingerprint density at radius 2 is 1.06 bits per heavy atom. The number of nitrogens with one attached hydrogen (secondary N) is 5. The number of aliphatic carboxylic acids is 4. The van der Waals surface area contributed by atoms with Gasteiger partial charge in [0.25, 0.3) is 11.8 Å². The van der Waals surface area contributed by atoms with Gasteiger partial charge < -0.3 is 82.6 Å². The third kappa shape index (κ3) is 29.2. The molecule has 0 saturated carbocycles. The molecule has 0 radical (unpaired) electrons. The lowest BCUT2D eigenvalue weighted by atomic mass is 9.77.